The molecule has 0 saturated carbocycles. The third-order valence-corrected chi connectivity index (χ3v) is 3.53. The van der Waals surface area contributed by atoms with Gasteiger partial charge in [-0.2, -0.15) is 0 Å². The molecule has 1 amide bonds. The number of piperidine rings is 1. The molecule has 0 aliphatic carbocycles. The average Bonchev–Trinajstić information content (AvgIpc) is 2.83. The highest BCUT2D eigenvalue weighted by Crippen LogP contribution is 2.23. The molecule has 1 aromatic heterocycles. The highest BCUT2D eigenvalue weighted by Gasteiger charge is 2.34. The fraction of sp³-hybridized carbons (Fsp3) is 0.636. The van der Waals surface area contributed by atoms with E-state index in [4.69, 9.17) is 0 Å². The highest BCUT2D eigenvalue weighted by molar-refractivity contribution is 5.85. The van der Waals surface area contributed by atoms with Crippen LogP contribution in [0.1, 0.15) is 24.4 Å². The maximum atomic E-state index is 12.2. The molecule has 102 valence electrons. The first-order chi connectivity index (χ1) is 7.77. The standard InChI is InChI=1S/C11H16N4O.2ClH/c1-8-13-6-10-7-14(11(16)15(8)10)9-2-4-12-5-3-9;;/h6,9,12H,2-5,7H2,1H3;2*1H. The summed E-state index contributed by atoms with van der Waals surface area (Å²) in [7, 11) is 0. The monoisotopic (exact) mass is 292 g/mol. The molecule has 5 nitrogen and oxygen atoms in total. The zero-order valence-corrected chi connectivity index (χ0v) is 11.9. The minimum atomic E-state index is 0. The minimum absolute atomic E-state index is 0. The van der Waals surface area contributed by atoms with Crippen LogP contribution in [0.15, 0.2) is 6.20 Å². The number of hydrogen-bond acceptors (Lipinski definition) is 3. The van der Waals surface area contributed by atoms with Crippen LogP contribution in [-0.4, -0.2) is 39.6 Å². The molecule has 1 aromatic rings. The first-order valence-corrected chi connectivity index (χ1v) is 5.82. The van der Waals surface area contributed by atoms with Crippen LogP contribution in [-0.2, 0) is 6.54 Å². The van der Waals surface area contributed by atoms with E-state index < -0.39 is 0 Å². The molecule has 2 aliphatic rings. The Morgan fingerprint density at radius 1 is 1.33 bits per heavy atom. The average molecular weight is 293 g/mol. The SMILES string of the molecule is Cc1ncc2n1C(=O)N(C1CCNCC1)C2.Cl.Cl. The maximum absolute atomic E-state index is 12.2. The quantitative estimate of drug-likeness (QED) is 0.855. The number of nitrogens with one attached hydrogen (secondary N) is 1. The van der Waals surface area contributed by atoms with Crippen molar-refractivity contribution < 1.29 is 4.79 Å². The summed E-state index contributed by atoms with van der Waals surface area (Å²) in [6, 6.07) is 0.505. The van der Waals surface area contributed by atoms with E-state index in [2.05, 4.69) is 10.3 Å². The molecular formula is C11H18Cl2N4O. The topological polar surface area (TPSA) is 50.2 Å². The zero-order valence-electron chi connectivity index (χ0n) is 10.3. The first kappa shape index (κ1) is 15.3. The van der Waals surface area contributed by atoms with E-state index in [0.29, 0.717) is 6.04 Å². The van der Waals surface area contributed by atoms with Gasteiger partial charge in [-0.25, -0.2) is 9.78 Å². The predicted molar refractivity (Wildman–Crippen MR) is 73.7 cm³/mol. The smallest absolute Gasteiger partial charge is 0.317 e. The van der Waals surface area contributed by atoms with Crippen molar-refractivity contribution in [3.05, 3.63) is 17.7 Å². The Hall–Kier alpha value is -0.780. The third-order valence-electron chi connectivity index (χ3n) is 3.53. The van der Waals surface area contributed by atoms with Crippen LogP contribution in [0.2, 0.25) is 0 Å². The lowest BCUT2D eigenvalue weighted by Crippen LogP contribution is -2.43. The van der Waals surface area contributed by atoms with Crippen LogP contribution in [0.5, 0.6) is 0 Å². The molecule has 7 heteroatoms. The van der Waals surface area contributed by atoms with Crippen molar-refractivity contribution in [1.29, 1.82) is 0 Å². The van der Waals surface area contributed by atoms with Crippen LogP contribution in [0, 0.1) is 6.92 Å². The Labute approximate surface area is 119 Å². The van der Waals surface area contributed by atoms with Gasteiger partial charge in [0.15, 0.2) is 0 Å². The highest BCUT2D eigenvalue weighted by atomic mass is 35.5. The summed E-state index contributed by atoms with van der Waals surface area (Å²) in [5.74, 6) is 0.802. The zero-order chi connectivity index (χ0) is 11.1. The Morgan fingerprint density at radius 2 is 2.00 bits per heavy atom. The summed E-state index contributed by atoms with van der Waals surface area (Å²) in [6.45, 7) is 4.64. The number of amides is 1. The Bertz CT molecular complexity index is 429. The van der Waals surface area contributed by atoms with Gasteiger partial charge in [0.1, 0.15) is 5.82 Å². The number of aryl methyl sites for hydroxylation is 1. The molecule has 0 radical (unpaired) electrons. The van der Waals surface area contributed by atoms with Gasteiger partial charge in [-0.15, -0.1) is 24.8 Å². The van der Waals surface area contributed by atoms with E-state index >= 15 is 0 Å². The van der Waals surface area contributed by atoms with Gasteiger partial charge in [0.25, 0.3) is 0 Å². The van der Waals surface area contributed by atoms with Crippen LogP contribution < -0.4 is 5.32 Å². The summed E-state index contributed by atoms with van der Waals surface area (Å²) in [6.07, 6.45) is 3.93. The van der Waals surface area contributed by atoms with Crippen molar-refractivity contribution in [2.75, 3.05) is 13.1 Å². The number of aromatic nitrogens is 2. The number of carbonyl (C=O) groups is 1. The van der Waals surface area contributed by atoms with E-state index in [1.165, 1.54) is 0 Å². The molecule has 3 rings (SSSR count). The number of rotatable bonds is 1. The fourth-order valence-electron chi connectivity index (χ4n) is 2.64. The molecule has 0 bridgehead atoms. The van der Waals surface area contributed by atoms with Gasteiger partial charge in [0, 0.05) is 6.04 Å². The van der Waals surface area contributed by atoms with Crippen molar-refractivity contribution in [3.63, 3.8) is 0 Å². The Morgan fingerprint density at radius 3 is 2.61 bits per heavy atom. The Balaban J connectivity index is 0.000000810. The number of hydrogen-bond donors (Lipinski definition) is 1. The maximum Gasteiger partial charge on any atom is 0.330 e. The van der Waals surface area contributed by atoms with Gasteiger partial charge in [0.05, 0.1) is 18.4 Å². The van der Waals surface area contributed by atoms with Gasteiger partial charge in [-0.1, -0.05) is 0 Å². The van der Waals surface area contributed by atoms with Gasteiger partial charge < -0.3 is 10.2 Å². The van der Waals surface area contributed by atoms with Crippen molar-refractivity contribution in [2.24, 2.45) is 0 Å². The van der Waals surface area contributed by atoms with Crippen molar-refractivity contribution in [1.82, 2.24) is 19.8 Å². The normalized spacial score (nSPS) is 19.2. The van der Waals surface area contributed by atoms with Crippen LogP contribution >= 0.6 is 24.8 Å². The molecule has 18 heavy (non-hydrogen) atoms. The summed E-state index contributed by atoms with van der Waals surface area (Å²) < 4.78 is 1.74. The van der Waals surface area contributed by atoms with E-state index in [-0.39, 0.29) is 30.8 Å². The number of halogens is 2. The van der Waals surface area contributed by atoms with E-state index in [1.54, 1.807) is 4.57 Å². The van der Waals surface area contributed by atoms with Crippen LogP contribution in [0.25, 0.3) is 0 Å². The van der Waals surface area contributed by atoms with Crippen LogP contribution in [0.3, 0.4) is 0 Å². The Kier molecular flexibility index (Phi) is 5.01. The van der Waals surface area contributed by atoms with E-state index in [9.17, 15) is 4.79 Å². The van der Waals surface area contributed by atoms with Gasteiger partial charge in [-0.05, 0) is 32.9 Å². The molecule has 0 unspecified atom stereocenters. The van der Waals surface area contributed by atoms with Gasteiger partial charge in [0.2, 0.25) is 0 Å². The molecule has 0 atom stereocenters. The lowest BCUT2D eigenvalue weighted by atomic mass is 10.1. The molecule has 2 aliphatic heterocycles. The van der Waals surface area contributed by atoms with Gasteiger partial charge in [-0.3, -0.25) is 4.57 Å². The van der Waals surface area contributed by atoms with E-state index in [1.807, 2.05) is 18.0 Å². The lowest BCUT2D eigenvalue weighted by molar-refractivity contribution is 0.170. The summed E-state index contributed by atoms with van der Waals surface area (Å²) >= 11 is 0. The molecule has 1 saturated heterocycles. The van der Waals surface area contributed by atoms with Gasteiger partial charge >= 0.3 is 6.03 Å². The first-order valence-electron chi connectivity index (χ1n) is 5.82. The molecule has 3 heterocycles. The number of imidazole rings is 1. The molecule has 0 aromatic carbocycles. The lowest BCUT2D eigenvalue weighted by Gasteiger charge is -2.30. The molecule has 1 N–H and O–H groups in total. The van der Waals surface area contributed by atoms with Crippen molar-refractivity contribution in [3.8, 4) is 0 Å². The predicted octanol–water partition coefficient (Wildman–Crippen LogP) is 1.57. The summed E-state index contributed by atoms with van der Waals surface area (Å²) in [4.78, 5) is 18.4. The van der Waals surface area contributed by atoms with E-state index in [0.717, 1.165) is 44.0 Å². The van der Waals surface area contributed by atoms with Crippen molar-refractivity contribution in [2.45, 2.75) is 32.4 Å². The second-order valence-electron chi connectivity index (χ2n) is 4.52. The summed E-state index contributed by atoms with van der Waals surface area (Å²) in [5, 5.41) is 3.32. The second kappa shape index (κ2) is 5.91. The number of carbonyl (C=O) groups excluding carboxylic acids is 1. The fourth-order valence-corrected chi connectivity index (χ4v) is 2.64. The van der Waals surface area contributed by atoms with Crippen molar-refractivity contribution >= 4 is 30.8 Å². The third kappa shape index (κ3) is 2.35. The summed E-state index contributed by atoms with van der Waals surface area (Å²) in [5.41, 5.74) is 1.03. The number of fused-ring (bicyclic) bond motifs is 1. The van der Waals surface area contributed by atoms with Crippen LogP contribution in [0.4, 0.5) is 4.79 Å². The molecule has 0 spiro atoms. The second-order valence-corrected chi connectivity index (χ2v) is 4.52. The molecular weight excluding hydrogens is 275 g/mol. The molecule has 1 fully saturated rings. The largest absolute Gasteiger partial charge is 0.330 e. The number of nitrogens with zero attached hydrogens (tertiary/aromatic N) is 3. The minimum Gasteiger partial charge on any atom is -0.317 e.